The molecule has 4 nitrogen and oxygen atoms in total. The van der Waals surface area contributed by atoms with E-state index in [1.54, 1.807) is 6.26 Å². The fourth-order valence-corrected chi connectivity index (χ4v) is 1.94. The molecule has 1 amide bonds. The van der Waals surface area contributed by atoms with Crippen molar-refractivity contribution in [2.24, 2.45) is 5.73 Å². The van der Waals surface area contributed by atoms with Gasteiger partial charge in [0.15, 0.2) is 0 Å². The molecule has 18 heavy (non-hydrogen) atoms. The highest BCUT2D eigenvalue weighted by Crippen LogP contribution is 2.20. The van der Waals surface area contributed by atoms with Gasteiger partial charge in [-0.15, -0.1) is 0 Å². The van der Waals surface area contributed by atoms with Crippen molar-refractivity contribution in [2.45, 2.75) is 25.8 Å². The number of hydrogen-bond donors (Lipinski definition) is 2. The second-order valence-corrected chi connectivity index (χ2v) is 4.36. The van der Waals surface area contributed by atoms with Gasteiger partial charge in [0, 0.05) is 23.9 Å². The fourth-order valence-electron chi connectivity index (χ4n) is 1.94. The van der Waals surface area contributed by atoms with E-state index in [2.05, 4.69) is 11.4 Å². The average Bonchev–Trinajstić information content (AvgIpc) is 2.77. The lowest BCUT2D eigenvalue weighted by molar-refractivity contribution is -0.118. The molecular weight excluding hydrogens is 228 g/mol. The zero-order valence-corrected chi connectivity index (χ0v) is 10.3. The van der Waals surface area contributed by atoms with Crippen molar-refractivity contribution in [1.82, 2.24) is 5.32 Å². The van der Waals surface area contributed by atoms with Crippen LogP contribution in [0.15, 0.2) is 34.9 Å². The number of para-hydroxylation sites is 1. The lowest BCUT2D eigenvalue weighted by atomic mass is 10.2. The summed E-state index contributed by atoms with van der Waals surface area (Å²) in [6, 6.07) is 8.00. The summed E-state index contributed by atoms with van der Waals surface area (Å²) >= 11 is 0. The zero-order valence-electron chi connectivity index (χ0n) is 10.3. The SMILES string of the molecule is NC(=O)CCCCNCc1coc2ccccc12. The Morgan fingerprint density at radius 1 is 1.28 bits per heavy atom. The highest BCUT2D eigenvalue weighted by molar-refractivity contribution is 5.80. The molecular formula is C14H18N2O2. The maximum absolute atomic E-state index is 10.6. The third-order valence-corrected chi connectivity index (χ3v) is 2.90. The highest BCUT2D eigenvalue weighted by atomic mass is 16.3. The minimum absolute atomic E-state index is 0.226. The van der Waals surface area contributed by atoms with Gasteiger partial charge in [0.25, 0.3) is 0 Å². The maximum atomic E-state index is 10.6. The van der Waals surface area contributed by atoms with Gasteiger partial charge in [-0.3, -0.25) is 4.79 Å². The van der Waals surface area contributed by atoms with Crippen LogP contribution in [0.4, 0.5) is 0 Å². The molecule has 0 radical (unpaired) electrons. The van der Waals surface area contributed by atoms with Crippen LogP contribution in [0.1, 0.15) is 24.8 Å². The molecule has 0 aliphatic heterocycles. The third kappa shape index (κ3) is 3.34. The largest absolute Gasteiger partial charge is 0.464 e. The Morgan fingerprint density at radius 3 is 2.94 bits per heavy atom. The summed E-state index contributed by atoms with van der Waals surface area (Å²) in [6.07, 6.45) is 4.06. The fraction of sp³-hybridized carbons (Fsp3) is 0.357. The van der Waals surface area contributed by atoms with Crippen molar-refractivity contribution in [3.8, 4) is 0 Å². The maximum Gasteiger partial charge on any atom is 0.217 e. The number of hydrogen-bond acceptors (Lipinski definition) is 3. The number of primary amides is 1. The molecule has 0 unspecified atom stereocenters. The second kappa shape index (κ2) is 6.21. The van der Waals surface area contributed by atoms with Gasteiger partial charge < -0.3 is 15.5 Å². The van der Waals surface area contributed by atoms with E-state index in [1.165, 1.54) is 5.56 Å². The van der Waals surface area contributed by atoms with Gasteiger partial charge in [-0.1, -0.05) is 18.2 Å². The van der Waals surface area contributed by atoms with E-state index in [0.29, 0.717) is 6.42 Å². The first-order chi connectivity index (χ1) is 8.77. The van der Waals surface area contributed by atoms with Crippen LogP contribution in [0, 0.1) is 0 Å². The Hall–Kier alpha value is -1.81. The van der Waals surface area contributed by atoms with Gasteiger partial charge in [-0.2, -0.15) is 0 Å². The number of fused-ring (bicyclic) bond motifs is 1. The normalized spacial score (nSPS) is 10.9. The summed E-state index contributed by atoms with van der Waals surface area (Å²) in [5.41, 5.74) is 7.16. The molecule has 0 aliphatic carbocycles. The predicted octanol–water partition coefficient (Wildman–Crippen LogP) is 2.18. The van der Waals surface area contributed by atoms with Gasteiger partial charge in [0.05, 0.1) is 6.26 Å². The van der Waals surface area contributed by atoms with E-state index in [1.807, 2.05) is 18.2 Å². The van der Waals surface area contributed by atoms with E-state index in [4.69, 9.17) is 10.2 Å². The number of nitrogens with two attached hydrogens (primary N) is 1. The van der Waals surface area contributed by atoms with E-state index < -0.39 is 0 Å². The van der Waals surface area contributed by atoms with Gasteiger partial charge in [-0.05, 0) is 25.5 Å². The number of unbranched alkanes of at least 4 members (excludes halogenated alkanes) is 1. The summed E-state index contributed by atoms with van der Waals surface area (Å²) in [6.45, 7) is 1.67. The quantitative estimate of drug-likeness (QED) is 0.736. The van der Waals surface area contributed by atoms with E-state index in [9.17, 15) is 4.79 Å². The van der Waals surface area contributed by atoms with Gasteiger partial charge in [0.1, 0.15) is 5.58 Å². The topological polar surface area (TPSA) is 68.3 Å². The summed E-state index contributed by atoms with van der Waals surface area (Å²) in [5.74, 6) is -0.226. The number of furan rings is 1. The Morgan fingerprint density at radius 2 is 2.11 bits per heavy atom. The van der Waals surface area contributed by atoms with Crippen LogP contribution in [-0.4, -0.2) is 12.5 Å². The Balaban J connectivity index is 1.75. The molecule has 2 rings (SSSR count). The summed E-state index contributed by atoms with van der Waals surface area (Å²) in [4.78, 5) is 10.6. The van der Waals surface area contributed by atoms with Crippen LogP contribution in [0.25, 0.3) is 11.0 Å². The van der Waals surface area contributed by atoms with E-state index in [0.717, 1.165) is 36.9 Å². The molecule has 96 valence electrons. The van der Waals surface area contributed by atoms with Crippen molar-refractivity contribution in [2.75, 3.05) is 6.54 Å². The number of benzene rings is 1. The molecule has 1 aromatic heterocycles. The van der Waals surface area contributed by atoms with E-state index >= 15 is 0 Å². The van der Waals surface area contributed by atoms with Crippen LogP contribution in [0.2, 0.25) is 0 Å². The van der Waals surface area contributed by atoms with Crippen LogP contribution >= 0.6 is 0 Å². The monoisotopic (exact) mass is 246 g/mol. The summed E-state index contributed by atoms with van der Waals surface area (Å²) in [7, 11) is 0. The predicted molar refractivity (Wildman–Crippen MR) is 71.0 cm³/mol. The number of carbonyl (C=O) groups is 1. The molecule has 0 spiro atoms. The Kier molecular flexibility index (Phi) is 4.36. The Labute approximate surface area is 106 Å². The first-order valence-corrected chi connectivity index (χ1v) is 6.21. The van der Waals surface area contributed by atoms with Crippen LogP contribution < -0.4 is 11.1 Å². The van der Waals surface area contributed by atoms with Crippen molar-refractivity contribution in [1.29, 1.82) is 0 Å². The first kappa shape index (κ1) is 12.6. The van der Waals surface area contributed by atoms with Crippen molar-refractivity contribution in [3.05, 3.63) is 36.1 Å². The minimum Gasteiger partial charge on any atom is -0.464 e. The van der Waals surface area contributed by atoms with Crippen molar-refractivity contribution in [3.63, 3.8) is 0 Å². The Bertz CT molecular complexity index is 519. The molecule has 0 saturated heterocycles. The minimum atomic E-state index is -0.226. The lowest BCUT2D eigenvalue weighted by Gasteiger charge is -2.02. The number of carbonyl (C=O) groups excluding carboxylic acids is 1. The van der Waals surface area contributed by atoms with E-state index in [-0.39, 0.29) is 5.91 Å². The highest BCUT2D eigenvalue weighted by Gasteiger charge is 2.03. The molecule has 0 fully saturated rings. The molecule has 1 aromatic carbocycles. The standard InChI is InChI=1S/C14H18N2O2/c15-14(17)7-3-4-8-16-9-11-10-18-13-6-2-1-5-12(11)13/h1-2,5-6,10,16H,3-4,7-9H2,(H2,15,17). The zero-order chi connectivity index (χ0) is 12.8. The molecule has 4 heteroatoms. The second-order valence-electron chi connectivity index (χ2n) is 4.36. The third-order valence-electron chi connectivity index (χ3n) is 2.90. The number of nitrogens with one attached hydrogen (secondary N) is 1. The molecule has 1 heterocycles. The number of rotatable bonds is 7. The van der Waals surface area contributed by atoms with Crippen LogP contribution in [0.5, 0.6) is 0 Å². The van der Waals surface area contributed by atoms with Crippen LogP contribution in [-0.2, 0) is 11.3 Å². The van der Waals surface area contributed by atoms with Crippen molar-refractivity contribution >= 4 is 16.9 Å². The molecule has 2 aromatic rings. The molecule has 0 atom stereocenters. The summed E-state index contributed by atoms with van der Waals surface area (Å²) in [5, 5.41) is 4.50. The van der Waals surface area contributed by atoms with Gasteiger partial charge in [0.2, 0.25) is 5.91 Å². The van der Waals surface area contributed by atoms with Crippen molar-refractivity contribution < 1.29 is 9.21 Å². The van der Waals surface area contributed by atoms with Gasteiger partial charge >= 0.3 is 0 Å². The summed E-state index contributed by atoms with van der Waals surface area (Å²) < 4.78 is 5.46. The van der Waals surface area contributed by atoms with Gasteiger partial charge in [-0.25, -0.2) is 0 Å². The number of amides is 1. The smallest absolute Gasteiger partial charge is 0.217 e. The lowest BCUT2D eigenvalue weighted by Crippen LogP contribution is -2.16. The molecule has 0 aliphatic rings. The molecule has 0 bridgehead atoms. The first-order valence-electron chi connectivity index (χ1n) is 6.21. The average molecular weight is 246 g/mol. The van der Waals surface area contributed by atoms with Crippen LogP contribution in [0.3, 0.4) is 0 Å². The molecule has 0 saturated carbocycles. The molecule has 3 N–H and O–H groups in total.